The summed E-state index contributed by atoms with van der Waals surface area (Å²) >= 11 is 1.58. The molecule has 1 heterocycles. The van der Waals surface area contributed by atoms with Crippen LogP contribution >= 0.6 is 11.3 Å². The lowest BCUT2D eigenvalue weighted by Gasteiger charge is -2.16. The Morgan fingerprint density at radius 2 is 2.19 bits per heavy atom. The first-order chi connectivity index (χ1) is 10.1. The van der Waals surface area contributed by atoms with Gasteiger partial charge in [-0.3, -0.25) is 9.59 Å². The van der Waals surface area contributed by atoms with Gasteiger partial charge in [-0.15, -0.1) is 11.3 Å². The minimum atomic E-state index is -0.721. The van der Waals surface area contributed by atoms with Crippen LogP contribution in [0.2, 0.25) is 0 Å². The second-order valence-electron chi connectivity index (χ2n) is 5.56. The fourth-order valence-electron chi connectivity index (χ4n) is 2.96. The lowest BCUT2D eigenvalue weighted by molar-refractivity contribution is -0.145. The molecular weight excluding hydrogens is 290 g/mol. The average molecular weight is 307 g/mol. The molecule has 0 bridgehead atoms. The number of thiazole rings is 1. The Hall–Kier alpha value is -1.69. The van der Waals surface area contributed by atoms with Crippen molar-refractivity contribution in [3.8, 4) is 0 Å². The van der Waals surface area contributed by atoms with E-state index in [2.05, 4.69) is 11.1 Å². The second kappa shape index (κ2) is 5.60. The summed E-state index contributed by atoms with van der Waals surface area (Å²) in [4.78, 5) is 28.4. The third kappa shape index (κ3) is 2.72. The van der Waals surface area contributed by atoms with Gasteiger partial charge >= 0.3 is 11.9 Å². The van der Waals surface area contributed by atoms with E-state index in [1.54, 1.807) is 11.3 Å². The van der Waals surface area contributed by atoms with Gasteiger partial charge in [-0.2, -0.15) is 0 Å². The molecule has 5 nitrogen and oxygen atoms in total. The number of aromatic nitrogens is 1. The highest BCUT2D eigenvalue weighted by atomic mass is 32.1. The number of carbonyl (C=O) groups excluding carboxylic acids is 1. The quantitative estimate of drug-likeness (QED) is 0.867. The topological polar surface area (TPSA) is 76.5 Å². The van der Waals surface area contributed by atoms with E-state index in [1.807, 2.05) is 0 Å². The van der Waals surface area contributed by atoms with Crippen molar-refractivity contribution in [2.45, 2.75) is 32.1 Å². The summed E-state index contributed by atoms with van der Waals surface area (Å²) < 4.78 is 4.79. The Labute approximate surface area is 126 Å². The van der Waals surface area contributed by atoms with Crippen molar-refractivity contribution >= 4 is 28.8 Å². The third-order valence-electron chi connectivity index (χ3n) is 4.21. The Morgan fingerprint density at radius 3 is 2.90 bits per heavy atom. The van der Waals surface area contributed by atoms with Gasteiger partial charge in [0.25, 0.3) is 0 Å². The van der Waals surface area contributed by atoms with Crippen molar-refractivity contribution in [3.05, 3.63) is 21.7 Å². The molecule has 0 amide bonds. The molecule has 2 atom stereocenters. The number of methoxy groups -OCH3 is 1. The summed E-state index contributed by atoms with van der Waals surface area (Å²) in [5, 5.41) is 10.1. The number of allylic oxidation sites excluding steroid dienone is 2. The summed E-state index contributed by atoms with van der Waals surface area (Å²) in [7, 11) is 1.41. The van der Waals surface area contributed by atoms with Gasteiger partial charge < -0.3 is 9.84 Å². The van der Waals surface area contributed by atoms with Crippen LogP contribution in [-0.4, -0.2) is 29.1 Å². The number of carboxylic acids is 1. The summed E-state index contributed by atoms with van der Waals surface area (Å²) in [5.41, 5.74) is 2.13. The van der Waals surface area contributed by atoms with Crippen LogP contribution in [0.15, 0.2) is 6.08 Å². The van der Waals surface area contributed by atoms with Crippen molar-refractivity contribution in [2.24, 2.45) is 11.8 Å². The summed E-state index contributed by atoms with van der Waals surface area (Å²) in [6.07, 6.45) is 5.40. The lowest BCUT2D eigenvalue weighted by Crippen LogP contribution is -2.21. The lowest BCUT2D eigenvalue weighted by atomic mass is 9.91. The molecule has 2 aliphatic carbocycles. The zero-order chi connectivity index (χ0) is 15.0. The number of rotatable bonds is 3. The van der Waals surface area contributed by atoms with E-state index in [-0.39, 0.29) is 17.8 Å². The molecule has 0 aromatic carbocycles. The first-order valence-electron chi connectivity index (χ1n) is 7.07. The van der Waals surface area contributed by atoms with Gasteiger partial charge in [0.2, 0.25) is 0 Å². The highest BCUT2D eigenvalue weighted by Gasteiger charge is 2.30. The maximum Gasteiger partial charge on any atom is 0.309 e. The minimum absolute atomic E-state index is 0.0994. The van der Waals surface area contributed by atoms with Gasteiger partial charge in [0.15, 0.2) is 0 Å². The number of ether oxygens (including phenoxy) is 1. The predicted octanol–water partition coefficient (Wildman–Crippen LogP) is 2.30. The van der Waals surface area contributed by atoms with Gasteiger partial charge in [-0.1, -0.05) is 6.08 Å². The fraction of sp³-hybridized carbons (Fsp3) is 0.533. The number of carbonyl (C=O) groups is 2. The average Bonchev–Trinajstić information content (AvgIpc) is 3.11. The molecule has 0 aliphatic heterocycles. The van der Waals surface area contributed by atoms with Crippen molar-refractivity contribution in [1.29, 1.82) is 0 Å². The smallest absolute Gasteiger partial charge is 0.309 e. The number of nitrogens with zero attached hydrogens (tertiary/aromatic N) is 1. The molecule has 0 saturated heterocycles. The van der Waals surface area contributed by atoms with E-state index in [4.69, 9.17) is 9.84 Å². The molecule has 112 valence electrons. The molecular formula is C15H17NO4S. The summed E-state index contributed by atoms with van der Waals surface area (Å²) in [6, 6.07) is 0. The molecule has 0 spiro atoms. The van der Waals surface area contributed by atoms with Crippen molar-refractivity contribution in [3.63, 3.8) is 0 Å². The van der Waals surface area contributed by atoms with Crippen LogP contribution in [0, 0.1) is 11.8 Å². The van der Waals surface area contributed by atoms with E-state index in [9.17, 15) is 9.59 Å². The predicted molar refractivity (Wildman–Crippen MR) is 78.0 cm³/mol. The number of esters is 1. The fourth-order valence-corrected chi connectivity index (χ4v) is 4.20. The van der Waals surface area contributed by atoms with E-state index >= 15 is 0 Å². The van der Waals surface area contributed by atoms with E-state index in [0.717, 1.165) is 27.6 Å². The van der Waals surface area contributed by atoms with E-state index in [1.165, 1.54) is 7.11 Å². The number of hydrogen-bond acceptors (Lipinski definition) is 5. The molecule has 1 unspecified atom stereocenters. The Kier molecular flexibility index (Phi) is 3.80. The van der Waals surface area contributed by atoms with Crippen LogP contribution in [0.5, 0.6) is 0 Å². The molecule has 1 aromatic heterocycles. The molecule has 1 N–H and O–H groups in total. The second-order valence-corrected chi connectivity index (χ2v) is 6.64. The van der Waals surface area contributed by atoms with Crippen molar-refractivity contribution in [1.82, 2.24) is 4.98 Å². The normalized spacial score (nSPS) is 24.3. The van der Waals surface area contributed by atoms with Crippen LogP contribution in [0.25, 0.3) is 5.57 Å². The Bertz CT molecular complexity index is 619. The van der Waals surface area contributed by atoms with E-state index < -0.39 is 5.97 Å². The number of carboxylic acid groups (broad SMARTS) is 1. The van der Waals surface area contributed by atoms with E-state index in [0.29, 0.717) is 25.7 Å². The van der Waals surface area contributed by atoms with Crippen LogP contribution in [0.3, 0.4) is 0 Å². The van der Waals surface area contributed by atoms with Crippen LogP contribution in [0.4, 0.5) is 0 Å². The Balaban J connectivity index is 1.75. The van der Waals surface area contributed by atoms with Gasteiger partial charge in [-0.05, 0) is 37.7 Å². The summed E-state index contributed by atoms with van der Waals surface area (Å²) in [5.74, 6) is -1.28. The first-order valence-corrected chi connectivity index (χ1v) is 7.88. The highest BCUT2D eigenvalue weighted by Crippen LogP contribution is 2.38. The molecule has 2 aliphatic rings. The number of aliphatic carboxylic acids is 1. The molecule has 3 rings (SSSR count). The van der Waals surface area contributed by atoms with Gasteiger partial charge in [0, 0.05) is 4.88 Å². The monoisotopic (exact) mass is 307 g/mol. The van der Waals surface area contributed by atoms with Crippen molar-refractivity contribution in [2.75, 3.05) is 7.11 Å². The molecule has 6 heteroatoms. The van der Waals surface area contributed by atoms with Crippen LogP contribution < -0.4 is 0 Å². The number of fused-ring (bicyclic) bond motifs is 1. The van der Waals surface area contributed by atoms with Gasteiger partial charge in [0.1, 0.15) is 5.01 Å². The molecule has 0 radical (unpaired) electrons. The molecule has 1 aromatic rings. The standard InChI is InChI=1S/C15H17NO4S/c1-20-15(19)10-3-2-8(6-10)13-16-11-5-4-9(14(17)18)7-12(11)21-13/h2,9-10H,3-7H2,1H3,(H,17,18)/t9?,10-/m0/s1. The third-order valence-corrected chi connectivity index (χ3v) is 5.41. The highest BCUT2D eigenvalue weighted by molar-refractivity contribution is 7.12. The maximum atomic E-state index is 11.6. The number of aryl methyl sites for hydroxylation is 1. The van der Waals surface area contributed by atoms with Gasteiger partial charge in [0.05, 0.1) is 24.6 Å². The maximum absolute atomic E-state index is 11.6. The molecule has 21 heavy (non-hydrogen) atoms. The zero-order valence-corrected chi connectivity index (χ0v) is 12.6. The minimum Gasteiger partial charge on any atom is -0.481 e. The molecule has 0 fully saturated rings. The first kappa shape index (κ1) is 14.3. The zero-order valence-electron chi connectivity index (χ0n) is 11.8. The SMILES string of the molecule is COC(=O)[C@H]1CC=C(c2nc3c(s2)CC(C(=O)O)CC3)C1. The Morgan fingerprint density at radius 1 is 1.38 bits per heavy atom. The summed E-state index contributed by atoms with van der Waals surface area (Å²) in [6.45, 7) is 0. The number of hydrogen-bond donors (Lipinski definition) is 1. The van der Waals surface area contributed by atoms with Crippen LogP contribution in [-0.2, 0) is 27.2 Å². The largest absolute Gasteiger partial charge is 0.481 e. The van der Waals surface area contributed by atoms with Crippen LogP contribution in [0.1, 0.15) is 34.8 Å². The van der Waals surface area contributed by atoms with Crippen molar-refractivity contribution < 1.29 is 19.4 Å². The van der Waals surface area contributed by atoms with Gasteiger partial charge in [-0.25, -0.2) is 4.98 Å². The molecule has 0 saturated carbocycles.